The summed E-state index contributed by atoms with van der Waals surface area (Å²) >= 11 is 0. The third kappa shape index (κ3) is 3.84. The van der Waals surface area contributed by atoms with E-state index in [-0.39, 0.29) is 17.2 Å². The first-order valence-corrected chi connectivity index (χ1v) is 7.72. The molecule has 5 heteroatoms. The predicted octanol–water partition coefficient (Wildman–Crippen LogP) is 2.50. The molecule has 2 unspecified atom stereocenters. The summed E-state index contributed by atoms with van der Waals surface area (Å²) in [6.07, 6.45) is 5.66. The summed E-state index contributed by atoms with van der Waals surface area (Å²) in [5.41, 5.74) is 5.77. The zero-order valence-electron chi connectivity index (χ0n) is 13.5. The molecule has 1 amide bonds. The van der Waals surface area contributed by atoms with Crippen LogP contribution in [0.25, 0.3) is 0 Å². The second-order valence-electron chi connectivity index (χ2n) is 7.39. The zero-order chi connectivity index (χ0) is 15.7. The lowest BCUT2D eigenvalue weighted by Gasteiger charge is -2.37. The van der Waals surface area contributed by atoms with Crippen LogP contribution in [0.15, 0.2) is 10.6 Å². The van der Waals surface area contributed by atoms with Crippen molar-refractivity contribution in [1.29, 1.82) is 0 Å². The fourth-order valence-corrected chi connectivity index (χ4v) is 2.81. The van der Waals surface area contributed by atoms with Crippen LogP contribution in [0.3, 0.4) is 0 Å². The van der Waals surface area contributed by atoms with Gasteiger partial charge in [-0.2, -0.15) is 0 Å². The van der Waals surface area contributed by atoms with Crippen LogP contribution in [0.5, 0.6) is 0 Å². The van der Waals surface area contributed by atoms with Crippen LogP contribution in [-0.2, 0) is 16.8 Å². The Hall–Kier alpha value is -1.36. The number of rotatable bonds is 3. The van der Waals surface area contributed by atoms with Crippen molar-refractivity contribution in [1.82, 2.24) is 10.3 Å². The van der Waals surface area contributed by atoms with E-state index in [0.717, 1.165) is 31.4 Å². The van der Waals surface area contributed by atoms with E-state index in [1.807, 2.05) is 6.92 Å². The molecule has 21 heavy (non-hydrogen) atoms. The second kappa shape index (κ2) is 5.79. The Morgan fingerprint density at radius 3 is 2.81 bits per heavy atom. The van der Waals surface area contributed by atoms with Crippen LogP contribution in [0, 0.1) is 5.92 Å². The highest BCUT2D eigenvalue weighted by Crippen LogP contribution is 2.31. The molecule has 1 aliphatic rings. The summed E-state index contributed by atoms with van der Waals surface area (Å²) < 4.78 is 5.68. The van der Waals surface area contributed by atoms with Crippen LogP contribution < -0.4 is 11.1 Å². The van der Waals surface area contributed by atoms with Crippen molar-refractivity contribution >= 4 is 5.91 Å². The summed E-state index contributed by atoms with van der Waals surface area (Å²) in [6.45, 7) is 8.49. The Morgan fingerprint density at radius 2 is 2.24 bits per heavy atom. The minimum atomic E-state index is -0.407. The van der Waals surface area contributed by atoms with Crippen LogP contribution in [0.4, 0.5) is 0 Å². The summed E-state index contributed by atoms with van der Waals surface area (Å²) in [5.74, 6) is 1.26. The van der Waals surface area contributed by atoms with Gasteiger partial charge in [0.25, 0.3) is 0 Å². The van der Waals surface area contributed by atoms with Gasteiger partial charge in [-0.15, -0.1) is 0 Å². The number of nitrogens with two attached hydrogens (primary N) is 1. The molecule has 0 spiro atoms. The molecule has 1 aliphatic carbocycles. The summed E-state index contributed by atoms with van der Waals surface area (Å²) in [4.78, 5) is 16.6. The number of amides is 1. The molecule has 0 radical (unpaired) electrons. The van der Waals surface area contributed by atoms with Gasteiger partial charge in [-0.1, -0.05) is 33.6 Å². The topological polar surface area (TPSA) is 81.2 Å². The van der Waals surface area contributed by atoms with Crippen molar-refractivity contribution in [3.8, 4) is 0 Å². The van der Waals surface area contributed by atoms with Gasteiger partial charge in [0.1, 0.15) is 5.76 Å². The van der Waals surface area contributed by atoms with Crippen molar-refractivity contribution < 1.29 is 9.21 Å². The maximum absolute atomic E-state index is 12.3. The maximum atomic E-state index is 12.3. The van der Waals surface area contributed by atoms with Gasteiger partial charge in [0.2, 0.25) is 11.8 Å². The fraction of sp³-hybridized carbons (Fsp3) is 0.750. The molecule has 3 N–H and O–H groups in total. The summed E-state index contributed by atoms with van der Waals surface area (Å²) in [6, 6.07) is 0. The smallest absolute Gasteiger partial charge is 0.225 e. The van der Waals surface area contributed by atoms with Crippen LogP contribution >= 0.6 is 0 Å². The molecule has 1 fully saturated rings. The van der Waals surface area contributed by atoms with Crippen LogP contribution in [-0.4, -0.2) is 16.4 Å². The molecular formula is C16H27N3O2. The second-order valence-corrected chi connectivity index (χ2v) is 7.39. The van der Waals surface area contributed by atoms with Crippen molar-refractivity contribution in [3.63, 3.8) is 0 Å². The zero-order valence-corrected chi connectivity index (χ0v) is 13.5. The van der Waals surface area contributed by atoms with Gasteiger partial charge in [0.15, 0.2) is 0 Å². The van der Waals surface area contributed by atoms with Crippen LogP contribution in [0.2, 0.25) is 0 Å². The monoisotopic (exact) mass is 293 g/mol. The summed E-state index contributed by atoms with van der Waals surface area (Å²) in [7, 11) is 0. The van der Waals surface area contributed by atoms with Gasteiger partial charge in [0.05, 0.1) is 18.7 Å². The molecule has 1 aromatic heterocycles. The molecule has 0 aromatic carbocycles. The number of hydrogen-bond acceptors (Lipinski definition) is 4. The summed E-state index contributed by atoms with van der Waals surface area (Å²) in [5, 5.41) is 2.91. The van der Waals surface area contributed by atoms with Gasteiger partial charge in [-0.3, -0.25) is 4.79 Å². The molecule has 2 atom stereocenters. The maximum Gasteiger partial charge on any atom is 0.225 e. The number of nitrogens with zero attached hydrogens (tertiary/aromatic N) is 1. The lowest BCUT2D eigenvalue weighted by atomic mass is 9.74. The normalized spacial score (nSPS) is 26.6. The molecule has 1 heterocycles. The quantitative estimate of drug-likeness (QED) is 0.897. The van der Waals surface area contributed by atoms with E-state index >= 15 is 0 Å². The Balaban J connectivity index is 1.93. The van der Waals surface area contributed by atoms with Crippen molar-refractivity contribution in [2.24, 2.45) is 11.7 Å². The number of hydrogen-bond donors (Lipinski definition) is 2. The first kappa shape index (κ1) is 16.0. The van der Waals surface area contributed by atoms with E-state index in [1.165, 1.54) is 0 Å². The molecule has 5 nitrogen and oxygen atoms in total. The molecule has 0 aliphatic heterocycles. The molecule has 0 saturated heterocycles. The number of nitrogens with one attached hydrogen (secondary N) is 1. The molecule has 0 bridgehead atoms. The van der Waals surface area contributed by atoms with E-state index in [0.29, 0.717) is 12.4 Å². The Labute approximate surface area is 126 Å². The third-order valence-electron chi connectivity index (χ3n) is 4.28. The third-order valence-corrected chi connectivity index (χ3v) is 4.28. The van der Waals surface area contributed by atoms with Crippen LogP contribution in [0.1, 0.15) is 65.0 Å². The van der Waals surface area contributed by atoms with Gasteiger partial charge in [-0.25, -0.2) is 4.98 Å². The van der Waals surface area contributed by atoms with E-state index in [9.17, 15) is 4.79 Å². The van der Waals surface area contributed by atoms with Crippen molar-refractivity contribution in [2.45, 2.75) is 70.9 Å². The number of oxazole rings is 1. The number of aromatic nitrogens is 1. The van der Waals surface area contributed by atoms with E-state index in [1.54, 1.807) is 6.20 Å². The van der Waals surface area contributed by atoms with E-state index < -0.39 is 5.54 Å². The molecular weight excluding hydrogens is 266 g/mol. The average molecular weight is 293 g/mol. The Morgan fingerprint density at radius 1 is 1.52 bits per heavy atom. The Bertz CT molecular complexity index is 500. The fourth-order valence-electron chi connectivity index (χ4n) is 2.81. The van der Waals surface area contributed by atoms with E-state index in [4.69, 9.17) is 10.2 Å². The molecule has 1 saturated carbocycles. The minimum absolute atomic E-state index is 0.00945. The molecule has 118 valence electrons. The SMILES string of the molecule is CC(C)(C)c1cnc(CNC(=O)C2CCCCC2(C)N)o1. The molecule has 2 rings (SSSR count). The first-order valence-electron chi connectivity index (χ1n) is 7.72. The lowest BCUT2D eigenvalue weighted by molar-refractivity contribution is -0.128. The lowest BCUT2D eigenvalue weighted by Crippen LogP contribution is -2.52. The van der Waals surface area contributed by atoms with E-state index in [2.05, 4.69) is 31.1 Å². The highest BCUT2D eigenvalue weighted by Gasteiger charge is 2.37. The highest BCUT2D eigenvalue weighted by molar-refractivity contribution is 5.80. The van der Waals surface area contributed by atoms with Gasteiger partial charge < -0.3 is 15.5 Å². The first-order chi connectivity index (χ1) is 9.70. The number of carbonyl (C=O) groups is 1. The van der Waals surface area contributed by atoms with Crippen molar-refractivity contribution in [3.05, 3.63) is 17.8 Å². The van der Waals surface area contributed by atoms with Crippen molar-refractivity contribution in [2.75, 3.05) is 0 Å². The highest BCUT2D eigenvalue weighted by atomic mass is 16.4. The van der Waals surface area contributed by atoms with Gasteiger partial charge in [-0.05, 0) is 19.8 Å². The van der Waals surface area contributed by atoms with Gasteiger partial charge >= 0.3 is 0 Å². The minimum Gasteiger partial charge on any atom is -0.443 e. The standard InChI is InChI=1S/C16H27N3O2/c1-15(2,3)12-9-18-13(21-12)10-19-14(20)11-7-5-6-8-16(11,4)17/h9,11H,5-8,10,17H2,1-4H3,(H,19,20). The number of carbonyl (C=O) groups excluding carboxylic acids is 1. The average Bonchev–Trinajstić information content (AvgIpc) is 2.84. The van der Waals surface area contributed by atoms with Gasteiger partial charge in [0, 0.05) is 11.0 Å². The Kier molecular flexibility index (Phi) is 4.42. The largest absolute Gasteiger partial charge is 0.443 e. The molecule has 1 aromatic rings. The predicted molar refractivity (Wildman–Crippen MR) is 81.6 cm³/mol.